The third-order valence-electron chi connectivity index (χ3n) is 5.96. The molecule has 0 saturated carbocycles. The lowest BCUT2D eigenvalue weighted by atomic mass is 9.79. The predicted octanol–water partition coefficient (Wildman–Crippen LogP) is 4.05. The standard InChI is InChI=1S/C22H29FN2O2/c1-26-15-21-8-7-20(27-21)14-25-12-10-22(17-25)9-2-11-24(16-22)13-18-3-5-19(23)6-4-18/h3-8H,2,9-17H2,1H3. The molecule has 1 unspecified atom stereocenters. The van der Waals surface area contributed by atoms with Crippen LogP contribution in [0.4, 0.5) is 4.39 Å². The molecular formula is C22H29FN2O2. The van der Waals surface area contributed by atoms with Crippen LogP contribution in [0.3, 0.4) is 0 Å². The molecule has 0 N–H and O–H groups in total. The summed E-state index contributed by atoms with van der Waals surface area (Å²) < 4.78 is 24.1. The minimum Gasteiger partial charge on any atom is -0.462 e. The van der Waals surface area contributed by atoms with Crippen molar-refractivity contribution in [3.05, 3.63) is 59.3 Å². The van der Waals surface area contributed by atoms with E-state index in [0.717, 1.165) is 50.8 Å². The molecule has 2 aliphatic heterocycles. The lowest BCUT2D eigenvalue weighted by Gasteiger charge is -2.40. The number of furan rings is 1. The van der Waals surface area contributed by atoms with Gasteiger partial charge in [0.05, 0.1) is 6.54 Å². The summed E-state index contributed by atoms with van der Waals surface area (Å²) in [6, 6.07) is 11.0. The monoisotopic (exact) mass is 372 g/mol. The summed E-state index contributed by atoms with van der Waals surface area (Å²) in [5.74, 6) is 1.76. The number of halogens is 1. The number of hydrogen-bond acceptors (Lipinski definition) is 4. The largest absolute Gasteiger partial charge is 0.462 e. The van der Waals surface area contributed by atoms with Gasteiger partial charge in [-0.25, -0.2) is 4.39 Å². The fourth-order valence-corrected chi connectivity index (χ4v) is 4.74. The second kappa shape index (κ2) is 8.13. The minimum absolute atomic E-state index is 0.160. The summed E-state index contributed by atoms with van der Waals surface area (Å²) in [6.45, 7) is 6.86. The Morgan fingerprint density at radius 2 is 1.70 bits per heavy atom. The Kier molecular flexibility index (Phi) is 5.62. The maximum Gasteiger partial charge on any atom is 0.129 e. The number of rotatable bonds is 6. The summed E-state index contributed by atoms with van der Waals surface area (Å²) in [5, 5.41) is 0. The first-order valence-electron chi connectivity index (χ1n) is 9.90. The molecule has 3 heterocycles. The van der Waals surface area contributed by atoms with E-state index in [1.165, 1.54) is 24.8 Å². The van der Waals surface area contributed by atoms with E-state index in [4.69, 9.17) is 9.15 Å². The molecule has 4 rings (SSSR count). The first-order chi connectivity index (χ1) is 13.1. The smallest absolute Gasteiger partial charge is 0.129 e. The van der Waals surface area contributed by atoms with Crippen molar-refractivity contribution >= 4 is 0 Å². The molecule has 0 radical (unpaired) electrons. The van der Waals surface area contributed by atoms with Crippen LogP contribution in [0, 0.1) is 11.2 Å². The molecule has 1 aromatic heterocycles. The topological polar surface area (TPSA) is 28.9 Å². The zero-order valence-corrected chi connectivity index (χ0v) is 16.1. The molecule has 0 aliphatic carbocycles. The Balaban J connectivity index is 1.33. The first-order valence-corrected chi connectivity index (χ1v) is 9.90. The first kappa shape index (κ1) is 18.7. The van der Waals surface area contributed by atoms with Crippen LogP contribution in [-0.4, -0.2) is 43.1 Å². The zero-order valence-electron chi connectivity index (χ0n) is 16.1. The van der Waals surface area contributed by atoms with Crippen LogP contribution in [0.5, 0.6) is 0 Å². The molecule has 4 nitrogen and oxygen atoms in total. The van der Waals surface area contributed by atoms with E-state index in [-0.39, 0.29) is 5.82 Å². The van der Waals surface area contributed by atoms with E-state index in [2.05, 4.69) is 15.9 Å². The SMILES string of the molecule is COCc1ccc(CN2CCC3(CCCN(Cc4ccc(F)cc4)C3)C2)o1. The number of benzene rings is 1. The lowest BCUT2D eigenvalue weighted by Crippen LogP contribution is -2.44. The third kappa shape index (κ3) is 4.60. The van der Waals surface area contributed by atoms with Gasteiger partial charge in [0.15, 0.2) is 0 Å². The predicted molar refractivity (Wildman–Crippen MR) is 103 cm³/mol. The molecule has 2 aromatic rings. The van der Waals surface area contributed by atoms with Crippen LogP contribution < -0.4 is 0 Å². The van der Waals surface area contributed by atoms with E-state index >= 15 is 0 Å². The van der Waals surface area contributed by atoms with Crippen LogP contribution in [0.15, 0.2) is 40.8 Å². The van der Waals surface area contributed by atoms with Gasteiger partial charge in [0.25, 0.3) is 0 Å². The van der Waals surface area contributed by atoms with E-state index < -0.39 is 0 Å². The molecular weight excluding hydrogens is 343 g/mol. The summed E-state index contributed by atoms with van der Waals surface area (Å²) >= 11 is 0. The number of hydrogen-bond donors (Lipinski definition) is 0. The molecule has 2 aliphatic rings. The van der Waals surface area contributed by atoms with Gasteiger partial charge in [0.1, 0.15) is 23.9 Å². The van der Waals surface area contributed by atoms with Crippen molar-refractivity contribution < 1.29 is 13.5 Å². The highest BCUT2D eigenvalue weighted by molar-refractivity contribution is 5.16. The summed E-state index contributed by atoms with van der Waals surface area (Å²) in [7, 11) is 1.69. The van der Waals surface area contributed by atoms with Crippen molar-refractivity contribution in [3.63, 3.8) is 0 Å². The fraction of sp³-hybridized carbons (Fsp3) is 0.545. The third-order valence-corrected chi connectivity index (χ3v) is 5.96. The van der Waals surface area contributed by atoms with Crippen molar-refractivity contribution in [1.29, 1.82) is 0 Å². The van der Waals surface area contributed by atoms with Gasteiger partial charge in [-0.3, -0.25) is 9.80 Å². The van der Waals surface area contributed by atoms with Gasteiger partial charge in [-0.1, -0.05) is 12.1 Å². The van der Waals surface area contributed by atoms with Gasteiger partial charge >= 0.3 is 0 Å². The molecule has 27 heavy (non-hydrogen) atoms. The highest BCUT2D eigenvalue weighted by atomic mass is 19.1. The van der Waals surface area contributed by atoms with Crippen LogP contribution in [0.2, 0.25) is 0 Å². The maximum atomic E-state index is 13.1. The summed E-state index contributed by atoms with van der Waals surface area (Å²) in [6.07, 6.45) is 3.79. The van der Waals surface area contributed by atoms with Crippen LogP contribution in [0.25, 0.3) is 0 Å². The number of likely N-dealkylation sites (tertiary alicyclic amines) is 2. The number of methoxy groups -OCH3 is 1. The van der Waals surface area contributed by atoms with Gasteiger partial charge in [-0.15, -0.1) is 0 Å². The van der Waals surface area contributed by atoms with Gasteiger partial charge < -0.3 is 9.15 Å². The number of ether oxygens (including phenoxy) is 1. The average Bonchev–Trinajstić information content (AvgIpc) is 3.25. The van der Waals surface area contributed by atoms with E-state index in [1.54, 1.807) is 19.2 Å². The van der Waals surface area contributed by atoms with E-state index in [0.29, 0.717) is 12.0 Å². The maximum absolute atomic E-state index is 13.1. The highest BCUT2D eigenvalue weighted by Crippen LogP contribution is 2.39. The quantitative estimate of drug-likeness (QED) is 0.765. The van der Waals surface area contributed by atoms with Gasteiger partial charge in [-0.05, 0) is 67.6 Å². The van der Waals surface area contributed by atoms with Crippen LogP contribution >= 0.6 is 0 Å². The van der Waals surface area contributed by atoms with Crippen molar-refractivity contribution in [3.8, 4) is 0 Å². The molecule has 2 saturated heterocycles. The Hall–Kier alpha value is -1.69. The number of nitrogens with zero attached hydrogens (tertiary/aromatic N) is 2. The Labute approximate surface area is 160 Å². The van der Waals surface area contributed by atoms with Crippen molar-refractivity contribution in [2.45, 2.75) is 39.0 Å². The number of piperidine rings is 1. The normalized spacial score (nSPS) is 24.1. The Morgan fingerprint density at radius 1 is 0.963 bits per heavy atom. The Bertz CT molecular complexity index is 745. The minimum atomic E-state index is -0.160. The van der Waals surface area contributed by atoms with Gasteiger partial charge in [0, 0.05) is 26.7 Å². The van der Waals surface area contributed by atoms with Gasteiger partial charge in [0.2, 0.25) is 0 Å². The van der Waals surface area contributed by atoms with Gasteiger partial charge in [-0.2, -0.15) is 0 Å². The highest BCUT2D eigenvalue weighted by Gasteiger charge is 2.41. The summed E-state index contributed by atoms with van der Waals surface area (Å²) in [4.78, 5) is 5.07. The second-order valence-electron chi connectivity index (χ2n) is 8.20. The molecule has 1 aromatic carbocycles. The Morgan fingerprint density at radius 3 is 2.48 bits per heavy atom. The summed E-state index contributed by atoms with van der Waals surface area (Å²) in [5.41, 5.74) is 1.59. The molecule has 0 amide bonds. The molecule has 146 valence electrons. The van der Waals surface area contributed by atoms with Crippen LogP contribution in [0.1, 0.15) is 36.3 Å². The van der Waals surface area contributed by atoms with Crippen molar-refractivity contribution in [2.24, 2.45) is 5.41 Å². The molecule has 2 fully saturated rings. The van der Waals surface area contributed by atoms with Crippen LogP contribution in [-0.2, 0) is 24.4 Å². The molecule has 1 atom stereocenters. The van der Waals surface area contributed by atoms with Crippen molar-refractivity contribution in [2.75, 3.05) is 33.3 Å². The molecule has 5 heteroatoms. The zero-order chi connectivity index (χ0) is 18.7. The molecule has 0 bridgehead atoms. The second-order valence-corrected chi connectivity index (χ2v) is 8.20. The fourth-order valence-electron chi connectivity index (χ4n) is 4.74. The van der Waals surface area contributed by atoms with Crippen molar-refractivity contribution in [1.82, 2.24) is 9.80 Å². The molecule has 1 spiro atoms. The lowest BCUT2D eigenvalue weighted by molar-refractivity contribution is 0.0855. The average molecular weight is 372 g/mol. The van der Waals surface area contributed by atoms with E-state index in [1.807, 2.05) is 18.2 Å². The van der Waals surface area contributed by atoms with E-state index in [9.17, 15) is 4.39 Å².